The van der Waals surface area contributed by atoms with Gasteiger partial charge in [-0.3, -0.25) is 9.09 Å². The lowest BCUT2D eigenvalue weighted by atomic mass is 10.7. The summed E-state index contributed by atoms with van der Waals surface area (Å²) in [5, 5.41) is 0. The van der Waals surface area contributed by atoms with Gasteiger partial charge in [-0.15, -0.1) is 0 Å². The van der Waals surface area contributed by atoms with Gasteiger partial charge in [0.25, 0.3) is 0 Å². The summed E-state index contributed by atoms with van der Waals surface area (Å²) in [6.07, 6.45) is 1.07. The van der Waals surface area contributed by atoms with E-state index >= 15 is 0 Å². The van der Waals surface area contributed by atoms with Crippen LogP contribution in [0, 0.1) is 0 Å². The SMILES string of the molecule is C=CC(Cl)OP(=O)(O)O.O=[PH2]O. The van der Waals surface area contributed by atoms with E-state index in [9.17, 15) is 4.57 Å². The van der Waals surface area contributed by atoms with Crippen molar-refractivity contribution < 1.29 is 28.3 Å². The van der Waals surface area contributed by atoms with Crippen molar-refractivity contribution in [2.24, 2.45) is 0 Å². The molecule has 0 fully saturated rings. The Morgan fingerprint density at radius 2 is 2.00 bits per heavy atom. The number of alkyl halides is 1. The Kier molecular flexibility index (Phi) is 9.83. The molecule has 0 radical (unpaired) electrons. The Balaban J connectivity index is 0. The van der Waals surface area contributed by atoms with E-state index in [1.807, 2.05) is 0 Å². The first-order chi connectivity index (χ1) is 5.37. The monoisotopic (exact) mass is 238 g/mol. The van der Waals surface area contributed by atoms with Crippen LogP contribution in [0.1, 0.15) is 0 Å². The third kappa shape index (κ3) is 16.7. The summed E-state index contributed by atoms with van der Waals surface area (Å²) < 4.78 is 22.4. The molecule has 9 heteroatoms. The molecule has 74 valence electrons. The smallest absolute Gasteiger partial charge is 0.348 e. The second-order valence-electron chi connectivity index (χ2n) is 1.29. The molecule has 0 rings (SSSR count). The molecule has 0 aromatic carbocycles. The minimum absolute atomic E-state index is 1.07. The van der Waals surface area contributed by atoms with E-state index in [-0.39, 0.29) is 0 Å². The predicted octanol–water partition coefficient (Wildman–Crippen LogP) is 0.497. The van der Waals surface area contributed by atoms with Crippen molar-refractivity contribution >= 4 is 28.1 Å². The first-order valence-corrected chi connectivity index (χ1v) is 5.41. The van der Waals surface area contributed by atoms with Gasteiger partial charge in [0.15, 0.2) is 14.3 Å². The summed E-state index contributed by atoms with van der Waals surface area (Å²) in [6.45, 7) is 3.14. The quantitative estimate of drug-likeness (QED) is 0.376. The first kappa shape index (κ1) is 14.8. The van der Waals surface area contributed by atoms with Gasteiger partial charge in [0.2, 0.25) is 0 Å². The van der Waals surface area contributed by atoms with Gasteiger partial charge in [-0.25, -0.2) is 4.57 Å². The maximum Gasteiger partial charge on any atom is 0.471 e. The summed E-state index contributed by atoms with van der Waals surface area (Å²) in [5.74, 6) is 0. The van der Waals surface area contributed by atoms with Crippen LogP contribution < -0.4 is 0 Å². The molecule has 0 aliphatic heterocycles. The zero-order valence-electron chi connectivity index (χ0n) is 5.83. The average Bonchev–Trinajstić information content (AvgIpc) is 1.86. The second-order valence-corrected chi connectivity index (χ2v) is 3.12. The molecule has 0 aliphatic rings. The normalized spacial score (nSPS) is 13.7. The topological polar surface area (TPSA) is 104 Å². The minimum Gasteiger partial charge on any atom is -0.348 e. The minimum atomic E-state index is -4.44. The Morgan fingerprint density at radius 1 is 1.67 bits per heavy atom. The van der Waals surface area contributed by atoms with Gasteiger partial charge in [0.05, 0.1) is 0 Å². The lowest BCUT2D eigenvalue weighted by molar-refractivity contribution is 0.199. The average molecular weight is 238 g/mol. The highest BCUT2D eigenvalue weighted by atomic mass is 35.5. The molecule has 2 unspecified atom stereocenters. The third-order valence-corrected chi connectivity index (χ3v) is 1.32. The molecular weight excluding hydrogens is 229 g/mol. The largest absolute Gasteiger partial charge is 0.471 e. The Morgan fingerprint density at radius 3 is 2.08 bits per heavy atom. The van der Waals surface area contributed by atoms with E-state index in [0.29, 0.717) is 0 Å². The molecule has 0 saturated heterocycles. The zero-order valence-corrected chi connectivity index (χ0v) is 8.64. The fourth-order valence-corrected chi connectivity index (χ4v) is 0.834. The van der Waals surface area contributed by atoms with E-state index in [0.717, 1.165) is 6.08 Å². The van der Waals surface area contributed by atoms with Crippen LogP contribution >= 0.6 is 28.1 Å². The van der Waals surface area contributed by atoms with Gasteiger partial charge in [0, 0.05) is 0 Å². The number of hydrogen-bond donors (Lipinski definition) is 3. The van der Waals surface area contributed by atoms with Crippen LogP contribution in [0.25, 0.3) is 0 Å². The molecule has 0 heterocycles. The highest BCUT2D eigenvalue weighted by molar-refractivity contribution is 7.46. The standard InChI is InChI=1S/C3H6ClO4P.H3O2P/c1-2-3(4)8-9(5,6)7;1-3-2/h2-3H,1H2,(H2,5,6,7);3H2,(H,1,2). The fraction of sp³-hybridized carbons (Fsp3) is 0.333. The molecule has 0 aromatic rings. The van der Waals surface area contributed by atoms with Crippen molar-refractivity contribution in [1.82, 2.24) is 0 Å². The lowest BCUT2D eigenvalue weighted by Gasteiger charge is -2.05. The molecule has 0 saturated carbocycles. The van der Waals surface area contributed by atoms with Crippen LogP contribution in [0.15, 0.2) is 12.7 Å². The maximum absolute atomic E-state index is 9.94. The van der Waals surface area contributed by atoms with Crippen LogP contribution in [0.3, 0.4) is 0 Å². The molecule has 0 bridgehead atoms. The molecule has 12 heavy (non-hydrogen) atoms. The molecule has 0 spiro atoms. The molecule has 2 atom stereocenters. The van der Waals surface area contributed by atoms with Crippen molar-refractivity contribution in [3.05, 3.63) is 12.7 Å². The fourth-order valence-electron chi connectivity index (χ4n) is 0.174. The molecular formula is C3H9ClO6P2. The van der Waals surface area contributed by atoms with Crippen molar-refractivity contribution in [1.29, 1.82) is 0 Å². The highest BCUT2D eigenvalue weighted by Crippen LogP contribution is 2.38. The van der Waals surface area contributed by atoms with Gasteiger partial charge in [-0.05, 0) is 6.08 Å². The highest BCUT2D eigenvalue weighted by Gasteiger charge is 2.17. The third-order valence-electron chi connectivity index (χ3n) is 0.423. The van der Waals surface area contributed by atoms with Gasteiger partial charge < -0.3 is 14.7 Å². The van der Waals surface area contributed by atoms with E-state index in [1.165, 1.54) is 0 Å². The Labute approximate surface area is 75.3 Å². The van der Waals surface area contributed by atoms with Gasteiger partial charge >= 0.3 is 7.82 Å². The molecule has 0 aromatic heterocycles. The maximum atomic E-state index is 9.94. The van der Waals surface area contributed by atoms with E-state index in [1.54, 1.807) is 0 Å². The van der Waals surface area contributed by atoms with Crippen molar-refractivity contribution in [3.63, 3.8) is 0 Å². The predicted molar refractivity (Wildman–Crippen MR) is 45.6 cm³/mol. The van der Waals surface area contributed by atoms with E-state index < -0.39 is 22.1 Å². The number of halogens is 1. The van der Waals surface area contributed by atoms with Crippen LogP contribution in [0.5, 0.6) is 0 Å². The van der Waals surface area contributed by atoms with Crippen LogP contribution in [-0.2, 0) is 13.7 Å². The first-order valence-electron chi connectivity index (χ1n) is 2.45. The van der Waals surface area contributed by atoms with Crippen LogP contribution in [0.2, 0.25) is 0 Å². The van der Waals surface area contributed by atoms with Crippen molar-refractivity contribution in [2.45, 2.75) is 5.56 Å². The zero-order chi connectivity index (χ0) is 10.2. The lowest BCUT2D eigenvalue weighted by Crippen LogP contribution is -1.97. The molecule has 6 nitrogen and oxygen atoms in total. The Hall–Kier alpha value is 0.330. The van der Waals surface area contributed by atoms with Gasteiger partial charge in [0.1, 0.15) is 0 Å². The van der Waals surface area contributed by atoms with E-state index in [2.05, 4.69) is 11.1 Å². The van der Waals surface area contributed by atoms with Crippen LogP contribution in [0.4, 0.5) is 0 Å². The molecule has 0 amide bonds. The van der Waals surface area contributed by atoms with Crippen LogP contribution in [-0.4, -0.2) is 20.2 Å². The van der Waals surface area contributed by atoms with Crippen molar-refractivity contribution in [2.75, 3.05) is 0 Å². The summed E-state index contributed by atoms with van der Waals surface area (Å²) in [6, 6.07) is 0. The second kappa shape index (κ2) is 7.95. The number of rotatable bonds is 3. The van der Waals surface area contributed by atoms with Gasteiger partial charge in [-0.1, -0.05) is 18.2 Å². The molecule has 0 aliphatic carbocycles. The van der Waals surface area contributed by atoms with Gasteiger partial charge in [-0.2, -0.15) is 0 Å². The Bertz CT molecular complexity index is 178. The van der Waals surface area contributed by atoms with E-state index in [4.69, 9.17) is 30.8 Å². The summed E-state index contributed by atoms with van der Waals surface area (Å²) in [5.41, 5.74) is -1.13. The summed E-state index contributed by atoms with van der Waals surface area (Å²) in [4.78, 5) is 23.2. The number of phosphoric ester groups is 1. The number of phosphoric acid groups is 1. The summed E-state index contributed by atoms with van der Waals surface area (Å²) in [7, 11) is -5.94. The number of hydrogen-bond acceptors (Lipinski definition) is 3. The van der Waals surface area contributed by atoms with Crippen molar-refractivity contribution in [3.8, 4) is 0 Å². The molecule has 3 N–H and O–H groups in total. The summed E-state index contributed by atoms with van der Waals surface area (Å²) >= 11 is 5.12.